The molecule has 102 valence electrons. The Morgan fingerprint density at radius 3 is 2.68 bits per heavy atom. The van der Waals surface area contributed by atoms with E-state index in [1.807, 2.05) is 24.0 Å². The van der Waals surface area contributed by atoms with Crippen LogP contribution in [0.4, 0.5) is 0 Å². The molecular formula is C14H18N2O3. The molecule has 1 fully saturated rings. The third-order valence-corrected chi connectivity index (χ3v) is 3.59. The van der Waals surface area contributed by atoms with E-state index in [1.165, 1.54) is 0 Å². The Morgan fingerprint density at radius 1 is 1.32 bits per heavy atom. The van der Waals surface area contributed by atoms with E-state index < -0.39 is 0 Å². The van der Waals surface area contributed by atoms with Gasteiger partial charge in [-0.15, -0.1) is 0 Å². The van der Waals surface area contributed by atoms with Crippen molar-refractivity contribution in [3.63, 3.8) is 0 Å². The number of nitrogens with zero attached hydrogens (tertiary/aromatic N) is 1. The first-order valence-corrected chi connectivity index (χ1v) is 6.71. The monoisotopic (exact) mass is 262 g/mol. The molecule has 0 saturated carbocycles. The maximum atomic E-state index is 12.5. The lowest BCUT2D eigenvalue weighted by Gasteiger charge is -2.37. The fourth-order valence-corrected chi connectivity index (χ4v) is 2.40. The number of carbonyl (C=O) groups excluding carboxylic acids is 1. The van der Waals surface area contributed by atoms with Gasteiger partial charge in [0.25, 0.3) is 5.91 Å². The Kier molecular flexibility index (Phi) is 3.29. The number of benzene rings is 1. The molecule has 1 amide bonds. The predicted molar refractivity (Wildman–Crippen MR) is 70.8 cm³/mol. The van der Waals surface area contributed by atoms with Gasteiger partial charge >= 0.3 is 0 Å². The largest absolute Gasteiger partial charge is 0.486 e. The van der Waals surface area contributed by atoms with Crippen LogP contribution in [0.5, 0.6) is 11.5 Å². The fourth-order valence-electron chi connectivity index (χ4n) is 2.40. The van der Waals surface area contributed by atoms with Crippen molar-refractivity contribution in [1.82, 2.24) is 10.2 Å². The van der Waals surface area contributed by atoms with Crippen LogP contribution >= 0.6 is 0 Å². The van der Waals surface area contributed by atoms with Crippen LogP contribution in [-0.4, -0.2) is 49.7 Å². The maximum Gasteiger partial charge on any atom is 0.254 e. The first-order chi connectivity index (χ1) is 9.29. The summed E-state index contributed by atoms with van der Waals surface area (Å²) < 4.78 is 11.0. The summed E-state index contributed by atoms with van der Waals surface area (Å²) in [6, 6.07) is 5.72. The molecule has 2 aliphatic rings. The van der Waals surface area contributed by atoms with Crippen molar-refractivity contribution >= 4 is 5.91 Å². The molecule has 2 aliphatic heterocycles. The average Bonchev–Trinajstić information content (AvgIpc) is 2.41. The number of ether oxygens (including phenoxy) is 2. The van der Waals surface area contributed by atoms with Crippen LogP contribution in [0.15, 0.2) is 18.2 Å². The first kappa shape index (κ1) is 12.3. The summed E-state index contributed by atoms with van der Waals surface area (Å²) in [5, 5.41) is 3.19. The molecule has 0 bridgehead atoms. The van der Waals surface area contributed by atoms with Gasteiger partial charge in [-0.3, -0.25) is 4.79 Å². The van der Waals surface area contributed by atoms with Gasteiger partial charge in [0, 0.05) is 25.2 Å². The third-order valence-electron chi connectivity index (χ3n) is 3.59. The summed E-state index contributed by atoms with van der Waals surface area (Å²) in [4.78, 5) is 14.4. The van der Waals surface area contributed by atoms with Crippen LogP contribution in [0.2, 0.25) is 0 Å². The van der Waals surface area contributed by atoms with Crippen molar-refractivity contribution in [3.8, 4) is 11.5 Å². The van der Waals surface area contributed by atoms with E-state index in [0.717, 1.165) is 25.4 Å². The van der Waals surface area contributed by atoms with E-state index in [1.54, 1.807) is 6.07 Å². The average molecular weight is 262 g/mol. The lowest BCUT2D eigenvalue weighted by molar-refractivity contribution is 0.0629. The molecular weight excluding hydrogens is 244 g/mol. The van der Waals surface area contributed by atoms with Crippen LogP contribution < -0.4 is 14.8 Å². The Morgan fingerprint density at radius 2 is 2.05 bits per heavy atom. The van der Waals surface area contributed by atoms with Gasteiger partial charge in [-0.2, -0.15) is 0 Å². The lowest BCUT2D eigenvalue weighted by atomic mass is 10.1. The van der Waals surface area contributed by atoms with Crippen LogP contribution in [0, 0.1) is 0 Å². The summed E-state index contributed by atoms with van der Waals surface area (Å²) in [5.74, 6) is 1.45. The van der Waals surface area contributed by atoms with Crippen molar-refractivity contribution in [2.45, 2.75) is 13.0 Å². The van der Waals surface area contributed by atoms with Crippen LogP contribution in [0.3, 0.4) is 0 Å². The summed E-state index contributed by atoms with van der Waals surface area (Å²) in [6.07, 6.45) is 0. The number of nitrogens with one attached hydrogen (secondary N) is 1. The van der Waals surface area contributed by atoms with Crippen molar-refractivity contribution < 1.29 is 14.3 Å². The Hall–Kier alpha value is -1.75. The number of likely N-dealkylation sites (N-methyl/N-ethyl adjacent to an activating group) is 1. The van der Waals surface area contributed by atoms with E-state index in [4.69, 9.17) is 9.47 Å². The zero-order chi connectivity index (χ0) is 13.2. The number of hydrogen-bond acceptors (Lipinski definition) is 4. The number of fused-ring (bicyclic) bond motifs is 1. The van der Waals surface area contributed by atoms with Crippen molar-refractivity contribution in [2.75, 3.05) is 32.8 Å². The lowest BCUT2D eigenvalue weighted by Crippen LogP contribution is -2.58. The molecule has 0 atom stereocenters. The van der Waals surface area contributed by atoms with E-state index >= 15 is 0 Å². The summed E-state index contributed by atoms with van der Waals surface area (Å²) in [5.41, 5.74) is 0.665. The van der Waals surface area contributed by atoms with Crippen LogP contribution in [0.1, 0.15) is 17.3 Å². The highest BCUT2D eigenvalue weighted by atomic mass is 16.6. The summed E-state index contributed by atoms with van der Waals surface area (Å²) in [6.45, 7) is 5.59. The minimum absolute atomic E-state index is 0.0611. The fraction of sp³-hybridized carbons (Fsp3) is 0.500. The molecule has 5 heteroatoms. The van der Waals surface area contributed by atoms with Crippen molar-refractivity contribution in [3.05, 3.63) is 23.8 Å². The Bertz CT molecular complexity index is 486. The van der Waals surface area contributed by atoms with Crippen LogP contribution in [-0.2, 0) is 0 Å². The third kappa shape index (κ3) is 2.26. The van der Waals surface area contributed by atoms with Gasteiger partial charge in [-0.25, -0.2) is 0 Å². The zero-order valence-electron chi connectivity index (χ0n) is 11.0. The van der Waals surface area contributed by atoms with Crippen molar-refractivity contribution in [1.29, 1.82) is 0 Å². The van der Waals surface area contributed by atoms with Gasteiger partial charge in [0.15, 0.2) is 11.5 Å². The first-order valence-electron chi connectivity index (χ1n) is 6.71. The SMILES string of the molecule is CCN(C(=O)c1ccc2c(c1)OCCO2)C1CNC1. The van der Waals surface area contributed by atoms with Gasteiger partial charge in [0.05, 0.1) is 6.04 Å². The molecule has 0 spiro atoms. The van der Waals surface area contributed by atoms with Crippen molar-refractivity contribution in [2.24, 2.45) is 0 Å². The number of amides is 1. The van der Waals surface area contributed by atoms with Crippen LogP contribution in [0.25, 0.3) is 0 Å². The van der Waals surface area contributed by atoms with Gasteiger partial charge in [0.1, 0.15) is 13.2 Å². The molecule has 1 N–H and O–H groups in total. The normalized spacial score (nSPS) is 17.7. The molecule has 1 saturated heterocycles. The predicted octanol–water partition coefficient (Wildman–Crippen LogP) is 0.892. The molecule has 1 aromatic rings. The molecule has 5 nitrogen and oxygen atoms in total. The second-order valence-electron chi connectivity index (χ2n) is 4.76. The molecule has 0 aromatic heterocycles. The van der Waals surface area contributed by atoms with E-state index in [2.05, 4.69) is 5.32 Å². The Balaban J connectivity index is 1.82. The van der Waals surface area contributed by atoms with Gasteiger partial charge in [-0.05, 0) is 25.1 Å². The second kappa shape index (κ2) is 5.09. The number of hydrogen-bond donors (Lipinski definition) is 1. The highest BCUT2D eigenvalue weighted by molar-refractivity contribution is 5.95. The maximum absolute atomic E-state index is 12.5. The highest BCUT2D eigenvalue weighted by Crippen LogP contribution is 2.31. The molecule has 1 aromatic carbocycles. The van der Waals surface area contributed by atoms with E-state index in [0.29, 0.717) is 30.6 Å². The van der Waals surface area contributed by atoms with E-state index in [-0.39, 0.29) is 5.91 Å². The van der Waals surface area contributed by atoms with E-state index in [9.17, 15) is 4.79 Å². The topological polar surface area (TPSA) is 50.8 Å². The highest BCUT2D eigenvalue weighted by Gasteiger charge is 2.28. The molecule has 0 radical (unpaired) electrons. The van der Waals surface area contributed by atoms with Gasteiger partial charge in [-0.1, -0.05) is 0 Å². The minimum Gasteiger partial charge on any atom is -0.486 e. The molecule has 0 unspecified atom stereocenters. The second-order valence-corrected chi connectivity index (χ2v) is 4.76. The number of carbonyl (C=O) groups is 1. The van der Waals surface area contributed by atoms with Gasteiger partial charge < -0.3 is 19.7 Å². The number of rotatable bonds is 3. The smallest absolute Gasteiger partial charge is 0.254 e. The zero-order valence-corrected chi connectivity index (χ0v) is 11.0. The quantitative estimate of drug-likeness (QED) is 0.879. The summed E-state index contributed by atoms with van der Waals surface area (Å²) in [7, 11) is 0. The summed E-state index contributed by atoms with van der Waals surface area (Å²) >= 11 is 0. The standard InChI is InChI=1S/C14H18N2O3/c1-2-16(11-8-15-9-11)14(17)10-3-4-12-13(7-10)19-6-5-18-12/h3-4,7,11,15H,2,5-6,8-9H2,1H3. The minimum atomic E-state index is 0.0611. The molecule has 3 rings (SSSR count). The molecule has 2 heterocycles. The molecule has 19 heavy (non-hydrogen) atoms. The van der Waals surface area contributed by atoms with Gasteiger partial charge in [0.2, 0.25) is 0 Å². The Labute approximate surface area is 112 Å². The molecule has 0 aliphatic carbocycles.